The van der Waals surface area contributed by atoms with Gasteiger partial charge < -0.3 is 15.5 Å². The van der Waals surface area contributed by atoms with E-state index >= 15 is 0 Å². The first kappa shape index (κ1) is 16.3. The lowest BCUT2D eigenvalue weighted by Gasteiger charge is -2.38. The molecule has 5 heteroatoms. The van der Waals surface area contributed by atoms with Gasteiger partial charge in [0.2, 0.25) is 0 Å². The number of benzene rings is 1. The Balaban J connectivity index is 1.60. The van der Waals surface area contributed by atoms with Crippen LogP contribution >= 0.6 is 0 Å². The summed E-state index contributed by atoms with van der Waals surface area (Å²) in [6.07, 6.45) is 0.907. The zero-order valence-electron chi connectivity index (χ0n) is 14.2. The predicted molar refractivity (Wildman–Crippen MR) is 93.9 cm³/mol. The Kier molecular flexibility index (Phi) is 4.87. The van der Waals surface area contributed by atoms with E-state index in [4.69, 9.17) is 5.73 Å². The molecule has 2 heterocycles. The molecule has 2 N–H and O–H groups in total. The minimum atomic E-state index is 0.106. The maximum Gasteiger partial charge on any atom is 0.253 e. The van der Waals surface area contributed by atoms with Crippen molar-refractivity contribution in [3.8, 4) is 0 Å². The van der Waals surface area contributed by atoms with Crippen LogP contribution in [0.1, 0.15) is 30.6 Å². The molecular weight excluding hydrogens is 288 g/mol. The number of piperazine rings is 1. The monoisotopic (exact) mass is 316 g/mol. The average molecular weight is 316 g/mol. The second-order valence-electron chi connectivity index (χ2n) is 6.96. The molecule has 2 saturated heterocycles. The summed E-state index contributed by atoms with van der Waals surface area (Å²) in [5, 5.41) is 0. The zero-order valence-corrected chi connectivity index (χ0v) is 14.2. The minimum Gasteiger partial charge on any atom is -0.369 e. The van der Waals surface area contributed by atoms with Gasteiger partial charge >= 0.3 is 0 Å². The Morgan fingerprint density at radius 3 is 2.26 bits per heavy atom. The van der Waals surface area contributed by atoms with Gasteiger partial charge in [-0.15, -0.1) is 0 Å². The Morgan fingerprint density at radius 2 is 1.74 bits per heavy atom. The highest BCUT2D eigenvalue weighted by Crippen LogP contribution is 2.20. The highest BCUT2D eigenvalue weighted by Gasteiger charge is 2.25. The summed E-state index contributed by atoms with van der Waals surface area (Å²) < 4.78 is 0. The fourth-order valence-corrected chi connectivity index (χ4v) is 3.47. The van der Waals surface area contributed by atoms with Gasteiger partial charge in [-0.3, -0.25) is 9.69 Å². The summed E-state index contributed by atoms with van der Waals surface area (Å²) in [5.41, 5.74) is 7.87. The molecule has 2 aliphatic heterocycles. The molecule has 126 valence electrons. The van der Waals surface area contributed by atoms with Crippen molar-refractivity contribution < 1.29 is 4.79 Å². The van der Waals surface area contributed by atoms with Crippen LogP contribution in [0, 0.1) is 0 Å². The molecule has 23 heavy (non-hydrogen) atoms. The number of carbonyl (C=O) groups is 1. The molecule has 2 fully saturated rings. The van der Waals surface area contributed by atoms with Crippen LogP contribution < -0.4 is 10.6 Å². The maximum atomic E-state index is 12.4. The molecule has 0 aliphatic carbocycles. The van der Waals surface area contributed by atoms with Crippen molar-refractivity contribution in [1.29, 1.82) is 0 Å². The van der Waals surface area contributed by atoms with Gasteiger partial charge in [-0.25, -0.2) is 0 Å². The van der Waals surface area contributed by atoms with Crippen LogP contribution in [0.4, 0.5) is 5.69 Å². The lowest BCUT2D eigenvalue weighted by Crippen LogP contribution is -2.48. The van der Waals surface area contributed by atoms with E-state index in [1.807, 2.05) is 17.0 Å². The summed E-state index contributed by atoms with van der Waals surface area (Å²) in [4.78, 5) is 19.2. The average Bonchev–Trinajstić information content (AvgIpc) is 3.01. The van der Waals surface area contributed by atoms with E-state index < -0.39 is 0 Å². The molecule has 0 aromatic heterocycles. The molecule has 5 nitrogen and oxygen atoms in total. The van der Waals surface area contributed by atoms with E-state index in [1.54, 1.807) is 0 Å². The number of rotatable bonds is 3. The van der Waals surface area contributed by atoms with Crippen molar-refractivity contribution in [3.05, 3.63) is 29.8 Å². The molecule has 0 bridgehead atoms. The molecule has 0 saturated carbocycles. The van der Waals surface area contributed by atoms with Crippen molar-refractivity contribution in [2.75, 3.05) is 44.2 Å². The predicted octanol–water partition coefficient (Wildman–Crippen LogP) is 1.39. The minimum absolute atomic E-state index is 0.106. The molecule has 1 amide bonds. The summed E-state index contributed by atoms with van der Waals surface area (Å²) in [7, 11) is 0. The summed E-state index contributed by atoms with van der Waals surface area (Å²) >= 11 is 0. The van der Waals surface area contributed by atoms with Crippen LogP contribution in [0.5, 0.6) is 0 Å². The van der Waals surface area contributed by atoms with Crippen LogP contribution in [0.25, 0.3) is 0 Å². The van der Waals surface area contributed by atoms with Gasteiger partial charge in [-0.05, 0) is 44.5 Å². The van der Waals surface area contributed by atoms with Crippen molar-refractivity contribution in [2.24, 2.45) is 5.73 Å². The number of nitrogens with two attached hydrogens (primary N) is 1. The number of anilines is 1. The summed E-state index contributed by atoms with van der Waals surface area (Å²) in [5.74, 6) is 0.106. The molecular formula is C18H28N4O. The van der Waals surface area contributed by atoms with Crippen LogP contribution in [0.15, 0.2) is 24.3 Å². The first-order valence-corrected chi connectivity index (χ1v) is 8.68. The van der Waals surface area contributed by atoms with Crippen LogP contribution in [0.2, 0.25) is 0 Å². The van der Waals surface area contributed by atoms with Crippen molar-refractivity contribution in [3.63, 3.8) is 0 Å². The molecule has 0 unspecified atom stereocenters. The Morgan fingerprint density at radius 1 is 1.09 bits per heavy atom. The Hall–Kier alpha value is -1.59. The quantitative estimate of drug-likeness (QED) is 0.916. The Labute approximate surface area is 139 Å². The lowest BCUT2D eigenvalue weighted by atomic mass is 10.1. The van der Waals surface area contributed by atoms with Crippen molar-refractivity contribution >= 4 is 11.6 Å². The van der Waals surface area contributed by atoms with Crippen LogP contribution in [0.3, 0.4) is 0 Å². The lowest BCUT2D eigenvalue weighted by molar-refractivity contribution is 0.0791. The first-order chi connectivity index (χ1) is 11.0. The smallest absolute Gasteiger partial charge is 0.253 e. The number of likely N-dealkylation sites (tertiary alicyclic amines) is 1. The van der Waals surface area contributed by atoms with E-state index in [2.05, 4.69) is 35.8 Å². The number of nitrogens with zero attached hydrogens (tertiary/aromatic N) is 3. The molecule has 0 radical (unpaired) electrons. The fraction of sp³-hybridized carbons (Fsp3) is 0.611. The van der Waals surface area contributed by atoms with Gasteiger partial charge in [0.05, 0.1) is 0 Å². The van der Waals surface area contributed by atoms with Gasteiger partial charge in [0.1, 0.15) is 0 Å². The van der Waals surface area contributed by atoms with Gasteiger partial charge in [0.25, 0.3) is 5.91 Å². The number of amides is 1. The Bertz CT molecular complexity index is 534. The normalized spacial score (nSPS) is 22.9. The zero-order chi connectivity index (χ0) is 16.4. The fourth-order valence-electron chi connectivity index (χ4n) is 3.47. The van der Waals surface area contributed by atoms with E-state index in [0.717, 1.165) is 44.7 Å². The standard InChI is InChI=1S/C18H28N4O/c1-14(2)20-9-11-21(12-10-20)17-5-3-15(4-6-17)18(23)22-8-7-16(19)13-22/h3-6,14,16H,7-13,19H2,1-2H3/t16-/m1/s1. The third-order valence-corrected chi connectivity index (χ3v) is 5.04. The van der Waals surface area contributed by atoms with Gasteiger partial charge in [-0.2, -0.15) is 0 Å². The van der Waals surface area contributed by atoms with Crippen molar-refractivity contribution in [2.45, 2.75) is 32.4 Å². The van der Waals surface area contributed by atoms with Gasteiger partial charge in [-0.1, -0.05) is 0 Å². The van der Waals surface area contributed by atoms with E-state index in [-0.39, 0.29) is 11.9 Å². The highest BCUT2D eigenvalue weighted by molar-refractivity contribution is 5.94. The molecule has 1 aromatic rings. The summed E-state index contributed by atoms with van der Waals surface area (Å²) in [6, 6.07) is 8.81. The summed E-state index contributed by atoms with van der Waals surface area (Å²) in [6.45, 7) is 10.3. The topological polar surface area (TPSA) is 52.8 Å². The SMILES string of the molecule is CC(C)N1CCN(c2ccc(C(=O)N3CC[C@@H](N)C3)cc2)CC1. The van der Waals surface area contributed by atoms with Crippen LogP contribution in [-0.4, -0.2) is 67.1 Å². The second kappa shape index (κ2) is 6.89. The number of hydrogen-bond donors (Lipinski definition) is 1. The molecule has 2 aliphatic rings. The van der Waals surface area contributed by atoms with E-state index in [0.29, 0.717) is 12.6 Å². The molecule has 1 atom stereocenters. The van der Waals surface area contributed by atoms with Gasteiger partial charge in [0.15, 0.2) is 0 Å². The van der Waals surface area contributed by atoms with Crippen LogP contribution in [-0.2, 0) is 0 Å². The van der Waals surface area contributed by atoms with Crippen molar-refractivity contribution in [1.82, 2.24) is 9.80 Å². The van der Waals surface area contributed by atoms with E-state index in [1.165, 1.54) is 5.69 Å². The highest BCUT2D eigenvalue weighted by atomic mass is 16.2. The number of carbonyl (C=O) groups excluding carboxylic acids is 1. The molecule has 3 rings (SSSR count). The van der Waals surface area contributed by atoms with E-state index in [9.17, 15) is 4.79 Å². The first-order valence-electron chi connectivity index (χ1n) is 8.68. The molecule has 0 spiro atoms. The second-order valence-corrected chi connectivity index (χ2v) is 6.96. The maximum absolute atomic E-state index is 12.4. The number of hydrogen-bond acceptors (Lipinski definition) is 4. The van der Waals surface area contributed by atoms with Gasteiger partial charge in [0, 0.05) is 62.6 Å². The third-order valence-electron chi connectivity index (χ3n) is 5.04. The largest absolute Gasteiger partial charge is 0.369 e. The third kappa shape index (κ3) is 3.67. The molecule has 1 aromatic carbocycles.